The van der Waals surface area contributed by atoms with Gasteiger partial charge in [-0.05, 0) is 12.1 Å². The Balaban J connectivity index is 1.68. The molecule has 0 aliphatic carbocycles. The molecule has 3 aromatic rings. The van der Waals surface area contributed by atoms with Gasteiger partial charge in [0.15, 0.2) is 11.2 Å². The van der Waals surface area contributed by atoms with Crippen LogP contribution in [0, 0.1) is 0 Å². The standard InChI is InChI=1S/C19H23N5O5/c1-22-16-15(17(26)21-19(22)27)24(18(20-16)23-7-9-28-10-8-23)11-13(25)12-29-14-5-3-2-4-6-14/h2-6,13,25H,7-12H2,1H3,(H,21,26,27)/t13-/m1/s1. The number of aliphatic hydroxyl groups is 1. The van der Waals surface area contributed by atoms with Crippen LogP contribution in [0.3, 0.4) is 0 Å². The van der Waals surface area contributed by atoms with E-state index in [2.05, 4.69) is 9.97 Å². The molecule has 0 radical (unpaired) electrons. The van der Waals surface area contributed by atoms with E-state index in [1.54, 1.807) is 23.7 Å². The van der Waals surface area contributed by atoms with E-state index in [-0.39, 0.29) is 24.3 Å². The normalized spacial score (nSPS) is 15.6. The lowest BCUT2D eigenvalue weighted by molar-refractivity contribution is 0.0927. The molecule has 4 rings (SSSR count). The third-order valence-electron chi connectivity index (χ3n) is 4.86. The van der Waals surface area contributed by atoms with Gasteiger partial charge in [-0.15, -0.1) is 0 Å². The van der Waals surface area contributed by atoms with Gasteiger partial charge in [0.2, 0.25) is 5.95 Å². The Hall–Kier alpha value is -3.11. The minimum Gasteiger partial charge on any atom is -0.491 e. The molecule has 10 heteroatoms. The number of hydrogen-bond acceptors (Lipinski definition) is 7. The van der Waals surface area contributed by atoms with Crippen molar-refractivity contribution in [1.29, 1.82) is 0 Å². The molecule has 0 bridgehead atoms. The quantitative estimate of drug-likeness (QED) is 0.583. The maximum atomic E-state index is 12.5. The zero-order valence-corrected chi connectivity index (χ0v) is 16.1. The second-order valence-corrected chi connectivity index (χ2v) is 6.89. The highest BCUT2D eigenvalue weighted by molar-refractivity contribution is 5.74. The summed E-state index contributed by atoms with van der Waals surface area (Å²) in [7, 11) is 1.55. The Morgan fingerprint density at radius 2 is 1.97 bits per heavy atom. The molecule has 1 aliphatic rings. The van der Waals surface area contributed by atoms with Gasteiger partial charge in [0, 0.05) is 20.1 Å². The van der Waals surface area contributed by atoms with Crippen molar-refractivity contribution >= 4 is 17.1 Å². The molecule has 0 unspecified atom stereocenters. The Morgan fingerprint density at radius 3 is 2.69 bits per heavy atom. The van der Waals surface area contributed by atoms with Gasteiger partial charge in [0.05, 0.1) is 19.8 Å². The number of rotatable bonds is 6. The summed E-state index contributed by atoms with van der Waals surface area (Å²) < 4.78 is 14.0. The van der Waals surface area contributed by atoms with E-state index in [4.69, 9.17) is 9.47 Å². The number of aromatic amines is 1. The third kappa shape index (κ3) is 3.89. The summed E-state index contributed by atoms with van der Waals surface area (Å²) >= 11 is 0. The molecule has 1 aromatic carbocycles. The summed E-state index contributed by atoms with van der Waals surface area (Å²) in [5.74, 6) is 1.17. The average molecular weight is 401 g/mol. The van der Waals surface area contributed by atoms with E-state index in [1.165, 1.54) is 4.57 Å². The highest BCUT2D eigenvalue weighted by atomic mass is 16.5. The van der Waals surface area contributed by atoms with Gasteiger partial charge in [-0.2, -0.15) is 4.98 Å². The third-order valence-corrected chi connectivity index (χ3v) is 4.86. The van der Waals surface area contributed by atoms with E-state index in [1.807, 2.05) is 23.1 Å². The van der Waals surface area contributed by atoms with E-state index in [9.17, 15) is 14.7 Å². The van der Waals surface area contributed by atoms with Crippen molar-refractivity contribution in [3.8, 4) is 5.75 Å². The van der Waals surface area contributed by atoms with Crippen LogP contribution in [0.5, 0.6) is 5.75 Å². The zero-order valence-electron chi connectivity index (χ0n) is 16.1. The Bertz CT molecular complexity index is 1100. The number of para-hydroxylation sites is 1. The van der Waals surface area contributed by atoms with Gasteiger partial charge in [0.25, 0.3) is 5.56 Å². The highest BCUT2D eigenvalue weighted by Gasteiger charge is 2.24. The molecule has 1 saturated heterocycles. The van der Waals surface area contributed by atoms with Gasteiger partial charge >= 0.3 is 5.69 Å². The zero-order chi connectivity index (χ0) is 20.4. The number of morpholine rings is 1. The van der Waals surface area contributed by atoms with Crippen LogP contribution < -0.4 is 20.9 Å². The number of anilines is 1. The van der Waals surface area contributed by atoms with Crippen molar-refractivity contribution in [3.05, 3.63) is 51.2 Å². The van der Waals surface area contributed by atoms with Gasteiger partial charge in [-0.1, -0.05) is 18.2 Å². The van der Waals surface area contributed by atoms with Crippen molar-refractivity contribution in [1.82, 2.24) is 19.1 Å². The smallest absolute Gasteiger partial charge is 0.329 e. The van der Waals surface area contributed by atoms with Crippen LogP contribution >= 0.6 is 0 Å². The number of aliphatic hydroxyl groups excluding tert-OH is 1. The first-order chi connectivity index (χ1) is 14.0. The first kappa shape index (κ1) is 19.2. The first-order valence-corrected chi connectivity index (χ1v) is 9.42. The molecule has 10 nitrogen and oxygen atoms in total. The number of hydrogen-bond donors (Lipinski definition) is 2. The number of nitrogens with one attached hydrogen (secondary N) is 1. The number of aryl methyl sites for hydroxylation is 1. The van der Waals surface area contributed by atoms with Crippen molar-refractivity contribution in [2.24, 2.45) is 7.05 Å². The fourth-order valence-corrected chi connectivity index (χ4v) is 3.37. The van der Waals surface area contributed by atoms with E-state index < -0.39 is 17.4 Å². The second-order valence-electron chi connectivity index (χ2n) is 6.89. The molecule has 0 amide bonds. The summed E-state index contributed by atoms with van der Waals surface area (Å²) in [6, 6.07) is 9.19. The van der Waals surface area contributed by atoms with E-state index in [0.717, 1.165) is 0 Å². The molecule has 0 spiro atoms. The summed E-state index contributed by atoms with van der Waals surface area (Å²) in [6.45, 7) is 2.43. The molecule has 1 fully saturated rings. The largest absolute Gasteiger partial charge is 0.491 e. The number of nitrogens with zero attached hydrogens (tertiary/aromatic N) is 4. The van der Waals surface area contributed by atoms with Crippen LogP contribution in [0.15, 0.2) is 39.9 Å². The predicted molar refractivity (Wildman–Crippen MR) is 107 cm³/mol. The molecular weight excluding hydrogens is 378 g/mol. The SMILES string of the molecule is Cn1c(=O)[nH]c(=O)c2c1nc(N1CCOCC1)n2C[C@@H](O)COc1ccccc1. The maximum Gasteiger partial charge on any atom is 0.329 e. The summed E-state index contributed by atoms with van der Waals surface area (Å²) in [6.07, 6.45) is -0.885. The first-order valence-electron chi connectivity index (χ1n) is 9.42. The Labute approximate surface area is 165 Å². The number of aromatic nitrogens is 4. The lowest BCUT2D eigenvalue weighted by Gasteiger charge is -2.28. The van der Waals surface area contributed by atoms with Crippen molar-refractivity contribution < 1.29 is 14.6 Å². The number of benzene rings is 1. The fraction of sp³-hybridized carbons (Fsp3) is 0.421. The topological polar surface area (TPSA) is 115 Å². The molecule has 0 saturated carbocycles. The minimum atomic E-state index is -0.885. The minimum absolute atomic E-state index is 0.0515. The molecule has 2 aromatic heterocycles. The number of imidazole rings is 1. The molecule has 2 N–H and O–H groups in total. The Kier molecular flexibility index (Phi) is 5.36. The molecule has 3 heterocycles. The van der Waals surface area contributed by atoms with Gasteiger partial charge in [0.1, 0.15) is 18.5 Å². The summed E-state index contributed by atoms with van der Waals surface area (Å²) in [5.41, 5.74) is -0.552. The predicted octanol–water partition coefficient (Wildman–Crippen LogP) is -0.300. The lowest BCUT2D eigenvalue weighted by Crippen LogP contribution is -2.39. The molecular formula is C19H23N5O5. The van der Waals surface area contributed by atoms with Crippen LogP contribution in [0.1, 0.15) is 0 Å². The van der Waals surface area contributed by atoms with Gasteiger partial charge in [-0.25, -0.2) is 4.79 Å². The average Bonchev–Trinajstić information content (AvgIpc) is 3.12. The van der Waals surface area contributed by atoms with Crippen LogP contribution in [-0.4, -0.2) is 63.2 Å². The molecule has 29 heavy (non-hydrogen) atoms. The Morgan fingerprint density at radius 1 is 1.24 bits per heavy atom. The van der Waals surface area contributed by atoms with Crippen LogP contribution in [0.25, 0.3) is 11.2 Å². The van der Waals surface area contributed by atoms with E-state index >= 15 is 0 Å². The molecule has 154 valence electrons. The number of ether oxygens (including phenoxy) is 2. The van der Waals surface area contributed by atoms with Crippen LogP contribution in [-0.2, 0) is 18.3 Å². The molecule has 1 aliphatic heterocycles. The monoisotopic (exact) mass is 401 g/mol. The fourth-order valence-electron chi connectivity index (χ4n) is 3.37. The number of fused-ring (bicyclic) bond motifs is 1. The summed E-state index contributed by atoms with van der Waals surface area (Å²) in [4.78, 5) is 33.4. The van der Waals surface area contributed by atoms with Gasteiger partial charge in [-0.3, -0.25) is 14.3 Å². The maximum absolute atomic E-state index is 12.5. The molecule has 1 atom stereocenters. The highest BCUT2D eigenvalue weighted by Crippen LogP contribution is 2.21. The van der Waals surface area contributed by atoms with Crippen LogP contribution in [0.2, 0.25) is 0 Å². The van der Waals surface area contributed by atoms with Gasteiger partial charge < -0.3 is 24.0 Å². The number of H-pyrrole nitrogens is 1. The van der Waals surface area contributed by atoms with Crippen LogP contribution in [0.4, 0.5) is 5.95 Å². The van der Waals surface area contributed by atoms with Crippen molar-refractivity contribution in [3.63, 3.8) is 0 Å². The van der Waals surface area contributed by atoms with Crippen molar-refractivity contribution in [2.75, 3.05) is 37.8 Å². The van der Waals surface area contributed by atoms with E-state index in [0.29, 0.717) is 38.0 Å². The lowest BCUT2D eigenvalue weighted by atomic mass is 10.3. The summed E-state index contributed by atoms with van der Waals surface area (Å²) in [5, 5.41) is 10.6. The second kappa shape index (κ2) is 8.10. The van der Waals surface area contributed by atoms with Crippen molar-refractivity contribution in [2.45, 2.75) is 12.6 Å².